The third-order valence-corrected chi connectivity index (χ3v) is 4.19. The van der Waals surface area contributed by atoms with Crippen LogP contribution in [0.25, 0.3) is 0 Å². The van der Waals surface area contributed by atoms with Gasteiger partial charge in [-0.15, -0.1) is 0 Å². The summed E-state index contributed by atoms with van der Waals surface area (Å²) in [6, 6.07) is 19.0. The van der Waals surface area contributed by atoms with E-state index in [1.165, 1.54) is 6.92 Å². The second-order valence-corrected chi connectivity index (χ2v) is 6.30. The molecule has 130 valence electrons. The average molecular weight is 338 g/mol. The van der Waals surface area contributed by atoms with E-state index in [1.54, 1.807) is 0 Å². The molecule has 0 radical (unpaired) electrons. The van der Waals surface area contributed by atoms with Gasteiger partial charge in [0.2, 0.25) is 0 Å². The number of carbonyl (C=O) groups excluding carboxylic acids is 2. The standard InChI is InChI=1S/C21H22O4/c1-15(22)12-19(23)20(21(24)25)18(13-16-8-4-2-5-9-16)14-17-10-6-3-7-11-17/h2-11,18,20H,12-14H2,1H3,(H,24,25). The van der Waals surface area contributed by atoms with Gasteiger partial charge in [0, 0.05) is 0 Å². The van der Waals surface area contributed by atoms with Crippen molar-refractivity contribution in [3.8, 4) is 0 Å². The molecule has 4 nitrogen and oxygen atoms in total. The van der Waals surface area contributed by atoms with Crippen molar-refractivity contribution in [2.24, 2.45) is 11.8 Å². The number of aliphatic carboxylic acids is 1. The van der Waals surface area contributed by atoms with E-state index in [9.17, 15) is 19.5 Å². The molecule has 0 saturated carbocycles. The number of ketones is 2. The number of hydrogen-bond donors (Lipinski definition) is 1. The SMILES string of the molecule is CC(=O)CC(=O)C(C(=O)O)C(Cc1ccccc1)Cc1ccccc1. The first kappa shape index (κ1) is 18.6. The van der Waals surface area contributed by atoms with Crippen molar-refractivity contribution in [2.45, 2.75) is 26.2 Å². The molecule has 25 heavy (non-hydrogen) atoms. The van der Waals surface area contributed by atoms with E-state index in [4.69, 9.17) is 0 Å². The summed E-state index contributed by atoms with van der Waals surface area (Å²) in [5.41, 5.74) is 1.95. The van der Waals surface area contributed by atoms with Gasteiger partial charge in [0.05, 0.1) is 6.42 Å². The van der Waals surface area contributed by atoms with Crippen LogP contribution in [0.2, 0.25) is 0 Å². The van der Waals surface area contributed by atoms with Gasteiger partial charge in [-0.25, -0.2) is 0 Å². The quantitative estimate of drug-likeness (QED) is 0.712. The summed E-state index contributed by atoms with van der Waals surface area (Å²) in [7, 11) is 0. The lowest BCUT2D eigenvalue weighted by atomic mass is 9.79. The average Bonchev–Trinajstić information content (AvgIpc) is 2.55. The lowest BCUT2D eigenvalue weighted by Crippen LogP contribution is -2.34. The predicted octanol–water partition coefficient (Wildman–Crippen LogP) is 3.34. The van der Waals surface area contributed by atoms with E-state index in [0.29, 0.717) is 12.8 Å². The number of hydrogen-bond acceptors (Lipinski definition) is 3. The van der Waals surface area contributed by atoms with Crippen LogP contribution >= 0.6 is 0 Å². The van der Waals surface area contributed by atoms with Gasteiger partial charge in [-0.2, -0.15) is 0 Å². The Morgan fingerprint density at radius 3 is 1.64 bits per heavy atom. The zero-order valence-corrected chi connectivity index (χ0v) is 14.2. The molecule has 1 atom stereocenters. The Hall–Kier alpha value is -2.75. The second kappa shape index (κ2) is 8.92. The van der Waals surface area contributed by atoms with Crippen molar-refractivity contribution in [3.63, 3.8) is 0 Å². The highest BCUT2D eigenvalue weighted by atomic mass is 16.4. The summed E-state index contributed by atoms with van der Waals surface area (Å²) >= 11 is 0. The summed E-state index contributed by atoms with van der Waals surface area (Å²) < 4.78 is 0. The van der Waals surface area contributed by atoms with E-state index >= 15 is 0 Å². The first-order chi connectivity index (χ1) is 12.0. The minimum Gasteiger partial charge on any atom is -0.481 e. The third-order valence-electron chi connectivity index (χ3n) is 4.19. The van der Waals surface area contributed by atoms with Gasteiger partial charge >= 0.3 is 5.97 Å². The fourth-order valence-electron chi connectivity index (χ4n) is 3.10. The Bertz CT molecular complexity index is 681. The van der Waals surface area contributed by atoms with Crippen LogP contribution in [0.5, 0.6) is 0 Å². The molecule has 2 rings (SSSR count). The van der Waals surface area contributed by atoms with Gasteiger partial charge in [-0.05, 0) is 36.8 Å². The molecule has 1 unspecified atom stereocenters. The zero-order chi connectivity index (χ0) is 18.2. The van der Waals surface area contributed by atoms with Crippen LogP contribution < -0.4 is 0 Å². The second-order valence-electron chi connectivity index (χ2n) is 6.30. The molecule has 2 aromatic carbocycles. The Morgan fingerprint density at radius 2 is 1.28 bits per heavy atom. The lowest BCUT2D eigenvalue weighted by Gasteiger charge is -2.23. The molecule has 0 spiro atoms. The summed E-state index contributed by atoms with van der Waals surface area (Å²) in [6.45, 7) is 1.31. The molecule has 1 N–H and O–H groups in total. The molecule has 4 heteroatoms. The van der Waals surface area contributed by atoms with Crippen LogP contribution in [-0.4, -0.2) is 22.6 Å². The molecule has 0 saturated heterocycles. The van der Waals surface area contributed by atoms with E-state index in [-0.39, 0.29) is 12.2 Å². The lowest BCUT2D eigenvalue weighted by molar-refractivity contribution is -0.148. The molecule has 0 aliphatic heterocycles. The van der Waals surface area contributed by atoms with E-state index in [1.807, 2.05) is 60.7 Å². The maximum absolute atomic E-state index is 12.4. The smallest absolute Gasteiger partial charge is 0.314 e. The van der Waals surface area contributed by atoms with Gasteiger partial charge in [0.1, 0.15) is 11.7 Å². The third kappa shape index (κ3) is 5.68. The molecule has 0 bridgehead atoms. The van der Waals surface area contributed by atoms with Gasteiger partial charge in [0.25, 0.3) is 0 Å². The highest BCUT2D eigenvalue weighted by Crippen LogP contribution is 2.25. The molecular weight excluding hydrogens is 316 g/mol. The van der Waals surface area contributed by atoms with Crippen LogP contribution in [-0.2, 0) is 27.2 Å². The van der Waals surface area contributed by atoms with Crippen molar-refractivity contribution in [1.29, 1.82) is 0 Å². The molecule has 2 aromatic rings. The number of carbonyl (C=O) groups is 3. The fourth-order valence-corrected chi connectivity index (χ4v) is 3.10. The van der Waals surface area contributed by atoms with Crippen molar-refractivity contribution < 1.29 is 19.5 Å². The Morgan fingerprint density at radius 1 is 0.840 bits per heavy atom. The highest BCUT2D eigenvalue weighted by Gasteiger charge is 2.35. The van der Waals surface area contributed by atoms with E-state index in [2.05, 4.69) is 0 Å². The molecule has 0 aliphatic carbocycles. The van der Waals surface area contributed by atoms with E-state index < -0.39 is 23.6 Å². The monoisotopic (exact) mass is 338 g/mol. The summed E-state index contributed by atoms with van der Waals surface area (Å²) in [5.74, 6) is -3.59. The topological polar surface area (TPSA) is 71.4 Å². The normalized spacial score (nSPS) is 11.9. The molecule has 0 aliphatic rings. The molecule has 0 heterocycles. The molecule has 0 aromatic heterocycles. The number of benzene rings is 2. The number of carboxylic acids is 1. The molecule has 0 amide bonds. The van der Waals surface area contributed by atoms with Crippen LogP contribution in [0.1, 0.15) is 24.5 Å². The Balaban J connectivity index is 2.31. The van der Waals surface area contributed by atoms with Crippen LogP contribution in [0.15, 0.2) is 60.7 Å². The Kier molecular flexibility index (Phi) is 6.63. The van der Waals surface area contributed by atoms with Crippen molar-refractivity contribution in [2.75, 3.05) is 0 Å². The van der Waals surface area contributed by atoms with Gasteiger partial charge in [-0.3, -0.25) is 14.4 Å². The molecule has 0 fully saturated rings. The van der Waals surface area contributed by atoms with Crippen molar-refractivity contribution >= 4 is 17.5 Å². The van der Waals surface area contributed by atoms with Crippen molar-refractivity contribution in [1.82, 2.24) is 0 Å². The maximum atomic E-state index is 12.4. The van der Waals surface area contributed by atoms with Gasteiger partial charge in [-0.1, -0.05) is 60.7 Å². The maximum Gasteiger partial charge on any atom is 0.314 e. The van der Waals surface area contributed by atoms with Crippen LogP contribution in [0, 0.1) is 11.8 Å². The minimum absolute atomic E-state index is 0.311. The summed E-state index contributed by atoms with van der Waals surface area (Å²) in [5, 5.41) is 9.65. The largest absolute Gasteiger partial charge is 0.481 e. The number of rotatable bonds is 9. The van der Waals surface area contributed by atoms with Crippen LogP contribution in [0.4, 0.5) is 0 Å². The van der Waals surface area contributed by atoms with Gasteiger partial charge < -0.3 is 5.11 Å². The first-order valence-electron chi connectivity index (χ1n) is 8.30. The summed E-state index contributed by atoms with van der Waals surface area (Å²) in [4.78, 5) is 35.5. The highest BCUT2D eigenvalue weighted by molar-refractivity contribution is 6.07. The molecular formula is C21H22O4. The van der Waals surface area contributed by atoms with Crippen LogP contribution in [0.3, 0.4) is 0 Å². The van der Waals surface area contributed by atoms with Crippen molar-refractivity contribution in [3.05, 3.63) is 71.8 Å². The minimum atomic E-state index is -1.19. The zero-order valence-electron chi connectivity index (χ0n) is 14.2. The van der Waals surface area contributed by atoms with Gasteiger partial charge in [0.15, 0.2) is 5.78 Å². The first-order valence-corrected chi connectivity index (χ1v) is 8.30. The predicted molar refractivity (Wildman–Crippen MR) is 95.2 cm³/mol. The summed E-state index contributed by atoms with van der Waals surface area (Å²) in [6.07, 6.45) is 0.601. The number of Topliss-reactive ketones (excluding diaryl/α,β-unsaturated/α-hetero) is 2. The Labute approximate surface area is 147 Å². The van der Waals surface area contributed by atoms with E-state index in [0.717, 1.165) is 11.1 Å². The number of carboxylic acid groups (broad SMARTS) is 1. The fraction of sp³-hybridized carbons (Fsp3) is 0.286.